The zero-order valence-corrected chi connectivity index (χ0v) is 26.6. The third-order valence-electron chi connectivity index (χ3n) is 7.83. The molecule has 0 unspecified atom stereocenters. The Morgan fingerprint density at radius 1 is 0.867 bits per heavy atom. The molecule has 1 saturated heterocycles. The molecule has 10 nitrogen and oxygen atoms in total. The van der Waals surface area contributed by atoms with E-state index in [2.05, 4.69) is 46.6 Å². The Hall–Kier alpha value is -4.83. The maximum Gasteiger partial charge on any atom is 0.323 e. The average molecular weight is 611 g/mol. The van der Waals surface area contributed by atoms with Crippen LogP contribution in [-0.4, -0.2) is 66.7 Å². The van der Waals surface area contributed by atoms with Gasteiger partial charge in [0.05, 0.1) is 24.2 Å². The van der Waals surface area contributed by atoms with Crippen molar-refractivity contribution in [3.05, 3.63) is 84.2 Å². The number of fused-ring (bicyclic) bond motifs is 1. The van der Waals surface area contributed by atoms with Gasteiger partial charge in [0.15, 0.2) is 0 Å². The molecule has 2 heterocycles. The predicted octanol–water partition coefficient (Wildman–Crippen LogP) is 6.82. The fraction of sp³-hybridized carbons (Fsp3) is 0.343. The lowest BCUT2D eigenvalue weighted by Crippen LogP contribution is -2.51. The SMILES string of the molecule is CCNC(=O)N1CCN(Cc2cc(Oc3ccc(NC(=O)Nc4cc(C(C)(C)C)ccc4OC)c4ccccc34)ccn2)CC1. The van der Waals surface area contributed by atoms with Gasteiger partial charge in [0.1, 0.15) is 17.2 Å². The minimum absolute atomic E-state index is 0.00846. The number of carbonyl (C=O) groups is 2. The first kappa shape index (κ1) is 31.6. The summed E-state index contributed by atoms with van der Waals surface area (Å²) in [6.07, 6.45) is 1.75. The maximum absolute atomic E-state index is 13.2. The fourth-order valence-corrected chi connectivity index (χ4v) is 5.35. The van der Waals surface area contributed by atoms with Crippen molar-refractivity contribution in [3.63, 3.8) is 0 Å². The number of piperazine rings is 1. The van der Waals surface area contributed by atoms with Crippen LogP contribution >= 0.6 is 0 Å². The van der Waals surface area contributed by atoms with Crippen molar-refractivity contribution in [2.24, 2.45) is 0 Å². The second-order valence-electron chi connectivity index (χ2n) is 12.1. The lowest BCUT2D eigenvalue weighted by Gasteiger charge is -2.34. The number of nitrogens with zero attached hydrogens (tertiary/aromatic N) is 3. The number of hydrogen-bond donors (Lipinski definition) is 3. The van der Waals surface area contributed by atoms with E-state index in [1.807, 2.05) is 78.6 Å². The molecule has 4 aromatic rings. The molecular weight excluding hydrogens is 568 g/mol. The van der Waals surface area contributed by atoms with Crippen molar-refractivity contribution in [2.45, 2.75) is 39.7 Å². The maximum atomic E-state index is 13.2. The zero-order chi connectivity index (χ0) is 32.0. The molecule has 3 aromatic carbocycles. The van der Waals surface area contributed by atoms with E-state index >= 15 is 0 Å². The van der Waals surface area contributed by atoms with Crippen LogP contribution < -0.4 is 25.4 Å². The fourth-order valence-electron chi connectivity index (χ4n) is 5.35. The molecule has 3 N–H and O–H groups in total. The van der Waals surface area contributed by atoms with Crippen molar-refractivity contribution >= 4 is 34.2 Å². The molecule has 4 amide bonds. The number of methoxy groups -OCH3 is 1. The van der Waals surface area contributed by atoms with E-state index in [-0.39, 0.29) is 17.5 Å². The van der Waals surface area contributed by atoms with Crippen molar-refractivity contribution in [1.82, 2.24) is 20.1 Å². The van der Waals surface area contributed by atoms with Gasteiger partial charge < -0.3 is 30.3 Å². The third kappa shape index (κ3) is 7.82. The minimum atomic E-state index is -0.371. The molecule has 0 atom stereocenters. The summed E-state index contributed by atoms with van der Waals surface area (Å²) in [6, 6.07) is 20.7. The number of ether oxygens (including phenoxy) is 2. The van der Waals surface area contributed by atoms with Gasteiger partial charge in [0, 0.05) is 62.3 Å². The van der Waals surface area contributed by atoms with Crippen LogP contribution in [-0.2, 0) is 12.0 Å². The zero-order valence-electron chi connectivity index (χ0n) is 26.6. The topological polar surface area (TPSA) is 108 Å². The number of anilines is 2. The molecular formula is C35H42N6O4. The highest BCUT2D eigenvalue weighted by Gasteiger charge is 2.21. The summed E-state index contributed by atoms with van der Waals surface area (Å²) in [6.45, 7) is 12.5. The van der Waals surface area contributed by atoms with E-state index in [4.69, 9.17) is 9.47 Å². The van der Waals surface area contributed by atoms with Crippen LogP contribution in [0.4, 0.5) is 21.0 Å². The Bertz CT molecular complexity index is 1660. The number of nitrogens with one attached hydrogen (secondary N) is 3. The van der Waals surface area contributed by atoms with Gasteiger partial charge in [-0.25, -0.2) is 9.59 Å². The van der Waals surface area contributed by atoms with Gasteiger partial charge in [-0.1, -0.05) is 51.1 Å². The number of amides is 4. The highest BCUT2D eigenvalue weighted by Crippen LogP contribution is 2.35. The minimum Gasteiger partial charge on any atom is -0.495 e. The van der Waals surface area contributed by atoms with Gasteiger partial charge in [0.25, 0.3) is 0 Å². The van der Waals surface area contributed by atoms with Gasteiger partial charge >= 0.3 is 12.1 Å². The summed E-state index contributed by atoms with van der Waals surface area (Å²) in [5.41, 5.74) is 3.16. The number of pyridine rings is 1. The Labute approximate surface area is 264 Å². The summed E-state index contributed by atoms with van der Waals surface area (Å²) in [7, 11) is 1.59. The molecule has 236 valence electrons. The highest BCUT2D eigenvalue weighted by atomic mass is 16.5. The molecule has 45 heavy (non-hydrogen) atoms. The second kappa shape index (κ2) is 13.9. The first-order valence-electron chi connectivity index (χ1n) is 15.3. The molecule has 10 heteroatoms. The molecule has 0 bridgehead atoms. The van der Waals surface area contributed by atoms with Crippen LogP contribution in [0.1, 0.15) is 39.0 Å². The number of rotatable bonds is 8. The summed E-state index contributed by atoms with van der Waals surface area (Å²) < 4.78 is 11.9. The van der Waals surface area contributed by atoms with Crippen molar-refractivity contribution < 1.29 is 19.1 Å². The quantitative estimate of drug-likeness (QED) is 0.202. The van der Waals surface area contributed by atoms with Crippen LogP contribution in [0, 0.1) is 0 Å². The normalized spacial score (nSPS) is 13.8. The van der Waals surface area contributed by atoms with Crippen molar-refractivity contribution in [1.29, 1.82) is 0 Å². The van der Waals surface area contributed by atoms with Gasteiger partial charge in [-0.2, -0.15) is 0 Å². The van der Waals surface area contributed by atoms with E-state index in [0.717, 1.165) is 35.1 Å². The van der Waals surface area contributed by atoms with E-state index in [0.29, 0.717) is 54.8 Å². The van der Waals surface area contributed by atoms with Crippen LogP contribution in [0.15, 0.2) is 72.9 Å². The number of aromatic nitrogens is 1. The van der Waals surface area contributed by atoms with Crippen molar-refractivity contribution in [2.75, 3.05) is 50.5 Å². The molecule has 0 radical (unpaired) electrons. The number of hydrogen-bond acceptors (Lipinski definition) is 6. The van der Waals surface area contributed by atoms with Crippen molar-refractivity contribution in [3.8, 4) is 17.2 Å². The lowest BCUT2D eigenvalue weighted by atomic mass is 9.87. The largest absolute Gasteiger partial charge is 0.495 e. The number of benzene rings is 3. The van der Waals surface area contributed by atoms with E-state index in [1.165, 1.54) is 0 Å². The van der Waals surface area contributed by atoms with Gasteiger partial charge in [0.2, 0.25) is 0 Å². The summed E-state index contributed by atoms with van der Waals surface area (Å²) in [4.78, 5) is 34.0. The van der Waals surface area contributed by atoms with Gasteiger partial charge in [-0.05, 0) is 48.2 Å². The smallest absolute Gasteiger partial charge is 0.323 e. The predicted molar refractivity (Wildman–Crippen MR) is 179 cm³/mol. The first-order valence-corrected chi connectivity index (χ1v) is 15.3. The Kier molecular flexibility index (Phi) is 9.73. The molecule has 0 spiro atoms. The lowest BCUT2D eigenvalue weighted by molar-refractivity contribution is 0.135. The molecule has 1 fully saturated rings. The van der Waals surface area contributed by atoms with Gasteiger partial charge in [-0.15, -0.1) is 0 Å². The van der Waals surface area contributed by atoms with E-state index in [9.17, 15) is 9.59 Å². The Morgan fingerprint density at radius 3 is 2.29 bits per heavy atom. The van der Waals surface area contributed by atoms with E-state index < -0.39 is 0 Å². The Balaban J connectivity index is 1.27. The number of urea groups is 2. The summed E-state index contributed by atoms with van der Waals surface area (Å²) >= 11 is 0. The molecule has 0 saturated carbocycles. The average Bonchev–Trinajstić information content (AvgIpc) is 3.02. The standard InChI is InChI=1S/C35H42N6O4/c1-6-36-34(43)41-19-17-40(18-20-41)23-25-22-26(15-16-37-25)45-31-14-12-29(27-9-7-8-10-28(27)31)38-33(42)39-30-21-24(35(2,3)4)11-13-32(30)44-5/h7-16,21-22H,6,17-20,23H2,1-5H3,(H,36,43)(H2,38,39,42). The van der Waals surface area contributed by atoms with Crippen LogP contribution in [0.25, 0.3) is 10.8 Å². The van der Waals surface area contributed by atoms with Crippen LogP contribution in [0.3, 0.4) is 0 Å². The van der Waals surface area contributed by atoms with E-state index in [1.54, 1.807) is 13.3 Å². The van der Waals surface area contributed by atoms with Gasteiger partial charge in [-0.3, -0.25) is 9.88 Å². The molecule has 1 aromatic heterocycles. The molecule has 1 aliphatic heterocycles. The third-order valence-corrected chi connectivity index (χ3v) is 7.83. The second-order valence-corrected chi connectivity index (χ2v) is 12.1. The molecule has 1 aliphatic rings. The summed E-state index contributed by atoms with van der Waals surface area (Å²) in [5.74, 6) is 1.93. The monoisotopic (exact) mass is 610 g/mol. The van der Waals surface area contributed by atoms with Crippen LogP contribution in [0.2, 0.25) is 0 Å². The summed E-state index contributed by atoms with van der Waals surface area (Å²) in [5, 5.41) is 10.5. The highest BCUT2D eigenvalue weighted by molar-refractivity contribution is 6.08. The first-order chi connectivity index (χ1) is 21.6. The molecule has 5 rings (SSSR count). The molecule has 0 aliphatic carbocycles. The Morgan fingerprint density at radius 2 is 1.58 bits per heavy atom. The number of carbonyl (C=O) groups excluding carboxylic acids is 2. The van der Waals surface area contributed by atoms with Crippen LogP contribution in [0.5, 0.6) is 17.2 Å².